The maximum atomic E-state index is 3.47. The summed E-state index contributed by atoms with van der Waals surface area (Å²) >= 11 is 3.46. The van der Waals surface area contributed by atoms with Crippen molar-refractivity contribution in [1.82, 2.24) is 0 Å². The normalized spacial score (nSPS) is 20.1. The molecule has 60 valence electrons. The molecule has 0 atom stereocenters. The fraction of sp³-hybridized carbons (Fsp3) is 1.00. The van der Waals surface area contributed by atoms with Gasteiger partial charge in [-0.1, -0.05) is 0 Å². The molecule has 0 spiro atoms. The summed E-state index contributed by atoms with van der Waals surface area (Å²) in [6, 6.07) is 0. The predicted molar refractivity (Wildman–Crippen MR) is 52.4 cm³/mol. The second-order valence-corrected chi connectivity index (χ2v) is 8.76. The van der Waals surface area contributed by atoms with Gasteiger partial charge in [-0.15, -0.1) is 0 Å². The van der Waals surface area contributed by atoms with Gasteiger partial charge in [-0.2, -0.15) is 0 Å². The molecule has 1 saturated heterocycles. The number of halogens is 1. The van der Waals surface area contributed by atoms with Gasteiger partial charge in [0.15, 0.2) is 0 Å². The molecule has 1 fully saturated rings. The van der Waals surface area contributed by atoms with E-state index in [0.29, 0.717) is 0 Å². The van der Waals surface area contributed by atoms with Gasteiger partial charge in [-0.25, -0.2) is 0 Å². The van der Waals surface area contributed by atoms with E-state index in [0.717, 1.165) is 0 Å². The minimum absolute atomic E-state index is 0.0105. The van der Waals surface area contributed by atoms with Gasteiger partial charge in [-0.3, -0.25) is 0 Å². The minimum atomic E-state index is -0.0105. The van der Waals surface area contributed by atoms with Gasteiger partial charge < -0.3 is 0 Å². The number of hydrogen-bond acceptors (Lipinski definition) is 0. The summed E-state index contributed by atoms with van der Waals surface area (Å²) in [6.07, 6.45) is 6.01. The second-order valence-electron chi connectivity index (χ2n) is 2.83. The summed E-state index contributed by atoms with van der Waals surface area (Å²) in [5.74, 6) is 0. The molecule has 0 aromatic heterocycles. The molecule has 0 aromatic carbocycles. The van der Waals surface area contributed by atoms with Gasteiger partial charge in [0.25, 0.3) is 0 Å². The molecule has 10 heavy (non-hydrogen) atoms. The first-order valence-corrected chi connectivity index (χ1v) is 8.89. The van der Waals surface area contributed by atoms with Gasteiger partial charge in [-0.05, 0) is 0 Å². The average molecular weight is 271 g/mol. The molecule has 0 saturated carbocycles. The SMILES string of the molecule is BrCCCC[Se+]1CCCC1. The molecule has 2 heteroatoms. The molecule has 1 aliphatic rings. The first kappa shape index (κ1) is 9.09. The predicted octanol–water partition coefficient (Wildman–Crippen LogP) is 3.45. The third kappa shape index (κ3) is 3.41. The molecule has 1 rings (SSSR count). The van der Waals surface area contributed by atoms with Crippen LogP contribution in [0.2, 0.25) is 16.0 Å². The second kappa shape index (κ2) is 5.62. The standard InChI is InChI=1S/C8H16BrSe/c9-5-1-2-6-10-7-3-4-8-10/h1-8H2/q+1. The summed E-state index contributed by atoms with van der Waals surface area (Å²) < 4.78 is 0. The Labute approximate surface area is 76.8 Å². The van der Waals surface area contributed by atoms with Crippen LogP contribution in [0.4, 0.5) is 0 Å². The molecule has 0 aromatic rings. The Bertz CT molecular complexity index is 79.3. The van der Waals surface area contributed by atoms with Crippen LogP contribution in [0.1, 0.15) is 25.7 Å². The van der Waals surface area contributed by atoms with Crippen LogP contribution >= 0.6 is 15.9 Å². The van der Waals surface area contributed by atoms with E-state index >= 15 is 0 Å². The summed E-state index contributed by atoms with van der Waals surface area (Å²) in [7, 11) is 0. The maximum absolute atomic E-state index is 3.47. The van der Waals surface area contributed by atoms with Gasteiger partial charge in [0.1, 0.15) is 0 Å². The van der Waals surface area contributed by atoms with Crippen LogP contribution in [0.5, 0.6) is 0 Å². The number of hydrogen-bond donors (Lipinski definition) is 0. The first-order valence-electron chi connectivity index (χ1n) is 4.13. The summed E-state index contributed by atoms with van der Waals surface area (Å²) in [6.45, 7) is 0. The summed E-state index contributed by atoms with van der Waals surface area (Å²) in [5.41, 5.74) is 0. The number of alkyl halides is 1. The Morgan fingerprint density at radius 1 is 1.10 bits per heavy atom. The van der Waals surface area contributed by atoms with Crippen LogP contribution in [-0.2, 0) is 0 Å². The van der Waals surface area contributed by atoms with Crippen LogP contribution < -0.4 is 0 Å². The van der Waals surface area contributed by atoms with Crippen LogP contribution in [0.15, 0.2) is 0 Å². The van der Waals surface area contributed by atoms with Crippen LogP contribution in [-0.4, -0.2) is 19.2 Å². The first-order chi connectivity index (χ1) is 4.93. The van der Waals surface area contributed by atoms with Crippen molar-refractivity contribution in [2.75, 3.05) is 5.33 Å². The van der Waals surface area contributed by atoms with Gasteiger partial charge in [0, 0.05) is 0 Å². The van der Waals surface area contributed by atoms with E-state index in [1.165, 1.54) is 18.2 Å². The Morgan fingerprint density at radius 3 is 2.40 bits per heavy atom. The van der Waals surface area contributed by atoms with Crippen molar-refractivity contribution in [2.24, 2.45) is 0 Å². The molecule has 0 unspecified atom stereocenters. The van der Waals surface area contributed by atoms with Crippen LogP contribution in [0.3, 0.4) is 0 Å². The molecule has 0 N–H and O–H groups in total. The van der Waals surface area contributed by atoms with Crippen molar-refractivity contribution in [3.05, 3.63) is 0 Å². The zero-order chi connectivity index (χ0) is 7.23. The summed E-state index contributed by atoms with van der Waals surface area (Å²) in [4.78, 5) is 0. The van der Waals surface area contributed by atoms with Crippen molar-refractivity contribution < 1.29 is 0 Å². The molecular formula is C8H16BrSe+. The topological polar surface area (TPSA) is 0 Å². The van der Waals surface area contributed by atoms with Crippen LogP contribution in [0.25, 0.3) is 0 Å². The van der Waals surface area contributed by atoms with E-state index in [2.05, 4.69) is 15.9 Å². The Hall–Kier alpha value is 0.999. The molecule has 0 bridgehead atoms. The Morgan fingerprint density at radius 2 is 1.80 bits per heavy atom. The number of unbranched alkanes of at least 4 members (excludes halogenated alkanes) is 1. The zero-order valence-corrected chi connectivity index (χ0v) is 9.74. The quantitative estimate of drug-likeness (QED) is 0.417. The summed E-state index contributed by atoms with van der Waals surface area (Å²) in [5, 5.41) is 6.11. The molecule has 0 amide bonds. The molecule has 1 aliphatic heterocycles. The Kier molecular flexibility index (Phi) is 5.11. The fourth-order valence-corrected chi connectivity index (χ4v) is 6.85. The van der Waals surface area contributed by atoms with E-state index < -0.39 is 0 Å². The monoisotopic (exact) mass is 271 g/mol. The molecule has 0 aliphatic carbocycles. The van der Waals surface area contributed by atoms with Gasteiger partial charge in [0.05, 0.1) is 0 Å². The van der Waals surface area contributed by atoms with Gasteiger partial charge >= 0.3 is 76.8 Å². The van der Waals surface area contributed by atoms with E-state index in [1.54, 1.807) is 28.8 Å². The Balaban J connectivity index is 1.91. The van der Waals surface area contributed by atoms with Crippen molar-refractivity contribution >= 4 is 29.8 Å². The van der Waals surface area contributed by atoms with E-state index in [4.69, 9.17) is 0 Å². The third-order valence-electron chi connectivity index (χ3n) is 1.93. The molecule has 0 radical (unpaired) electrons. The number of rotatable bonds is 4. The van der Waals surface area contributed by atoms with E-state index in [1.807, 2.05) is 0 Å². The van der Waals surface area contributed by atoms with Crippen molar-refractivity contribution in [2.45, 2.75) is 41.6 Å². The van der Waals surface area contributed by atoms with Crippen molar-refractivity contribution in [1.29, 1.82) is 0 Å². The van der Waals surface area contributed by atoms with E-state index in [9.17, 15) is 0 Å². The zero-order valence-electron chi connectivity index (χ0n) is 6.44. The fourth-order valence-electron chi connectivity index (χ4n) is 1.32. The van der Waals surface area contributed by atoms with E-state index in [-0.39, 0.29) is 13.9 Å². The molecular weight excluding hydrogens is 255 g/mol. The van der Waals surface area contributed by atoms with Crippen LogP contribution in [0, 0.1) is 0 Å². The third-order valence-corrected chi connectivity index (χ3v) is 7.94. The molecule has 1 heterocycles. The van der Waals surface area contributed by atoms with Gasteiger partial charge in [0.2, 0.25) is 0 Å². The average Bonchev–Trinajstić information content (AvgIpc) is 2.41. The van der Waals surface area contributed by atoms with Crippen molar-refractivity contribution in [3.8, 4) is 0 Å². The van der Waals surface area contributed by atoms with Crippen molar-refractivity contribution in [3.63, 3.8) is 0 Å². The molecule has 0 nitrogen and oxygen atoms in total.